The molecule has 2 aromatic carbocycles. The van der Waals surface area contributed by atoms with E-state index in [-0.39, 0.29) is 42.4 Å². The molecule has 6 nitrogen and oxygen atoms in total. The molecule has 0 unspecified atom stereocenters. The molecule has 1 aliphatic rings. The second-order valence-electron chi connectivity index (χ2n) is 5.79. The van der Waals surface area contributed by atoms with Gasteiger partial charge in [0.05, 0.1) is 5.56 Å². The summed E-state index contributed by atoms with van der Waals surface area (Å²) < 4.78 is 40.1. The number of carbonyl (C=O) groups is 1. The van der Waals surface area contributed by atoms with Crippen LogP contribution in [0.1, 0.15) is 10.4 Å². The number of benzene rings is 2. The lowest BCUT2D eigenvalue weighted by molar-refractivity contribution is 0.0694. The van der Waals surface area contributed by atoms with Crippen molar-refractivity contribution >= 4 is 27.5 Å². The summed E-state index contributed by atoms with van der Waals surface area (Å²) in [6.45, 7) is 0.310. The number of amides is 1. The van der Waals surface area contributed by atoms with Gasteiger partial charge >= 0.3 is 0 Å². The fourth-order valence-corrected chi connectivity index (χ4v) is 4.43. The first-order chi connectivity index (χ1) is 12.3. The number of hydrogen-bond donors (Lipinski definition) is 1. The molecule has 1 aliphatic heterocycles. The molecular weight excluding hydrogens is 383 g/mol. The van der Waals surface area contributed by atoms with E-state index >= 15 is 0 Å². The van der Waals surface area contributed by atoms with Gasteiger partial charge in [0.2, 0.25) is 10.0 Å². The summed E-state index contributed by atoms with van der Waals surface area (Å²) in [6, 6.07) is 9.34. The maximum atomic E-state index is 13.8. The monoisotopic (exact) mass is 398 g/mol. The van der Waals surface area contributed by atoms with Crippen LogP contribution in [0.5, 0.6) is 5.75 Å². The Hall–Kier alpha value is -2.16. The Balaban J connectivity index is 1.74. The molecule has 1 amide bonds. The van der Waals surface area contributed by atoms with E-state index in [0.29, 0.717) is 5.02 Å². The molecule has 9 heteroatoms. The number of carbonyl (C=O) groups excluding carboxylic acids is 1. The van der Waals surface area contributed by atoms with E-state index < -0.39 is 21.7 Å². The summed E-state index contributed by atoms with van der Waals surface area (Å²) >= 11 is 5.86. The Labute approximate surface area is 155 Å². The molecular formula is C17H16ClFN2O4S. The van der Waals surface area contributed by atoms with E-state index in [1.165, 1.54) is 41.3 Å². The third-order valence-corrected chi connectivity index (χ3v) is 6.34. The molecule has 0 spiro atoms. The number of nitrogens with zero attached hydrogens (tertiary/aromatic N) is 2. The molecule has 0 aliphatic carbocycles. The predicted molar refractivity (Wildman–Crippen MR) is 94.2 cm³/mol. The third-order valence-electron chi connectivity index (χ3n) is 4.17. The van der Waals surface area contributed by atoms with Gasteiger partial charge in [-0.05, 0) is 30.3 Å². The van der Waals surface area contributed by atoms with Crippen LogP contribution in [0.4, 0.5) is 4.39 Å². The second kappa shape index (κ2) is 7.22. The zero-order valence-corrected chi connectivity index (χ0v) is 15.2. The highest BCUT2D eigenvalue weighted by Crippen LogP contribution is 2.25. The molecule has 0 bridgehead atoms. The quantitative estimate of drug-likeness (QED) is 0.860. The Morgan fingerprint density at radius 3 is 2.38 bits per heavy atom. The van der Waals surface area contributed by atoms with Crippen molar-refractivity contribution in [3.05, 3.63) is 58.9 Å². The van der Waals surface area contributed by atoms with E-state index in [1.807, 2.05) is 0 Å². The Morgan fingerprint density at radius 1 is 1.08 bits per heavy atom. The van der Waals surface area contributed by atoms with Crippen molar-refractivity contribution in [3.8, 4) is 5.75 Å². The molecule has 3 rings (SSSR count). The number of halogens is 2. The summed E-state index contributed by atoms with van der Waals surface area (Å²) in [5, 5.41) is 10.2. The Kier molecular flexibility index (Phi) is 5.17. The van der Waals surface area contributed by atoms with Crippen LogP contribution in [0, 0.1) is 5.82 Å². The van der Waals surface area contributed by atoms with Crippen molar-refractivity contribution in [1.29, 1.82) is 0 Å². The van der Waals surface area contributed by atoms with E-state index in [2.05, 4.69) is 0 Å². The lowest BCUT2D eigenvalue weighted by atomic mass is 10.1. The smallest absolute Gasteiger partial charge is 0.257 e. The lowest BCUT2D eigenvalue weighted by Gasteiger charge is -2.34. The van der Waals surface area contributed by atoms with E-state index in [9.17, 15) is 22.7 Å². The van der Waals surface area contributed by atoms with Gasteiger partial charge < -0.3 is 10.0 Å². The molecule has 2 aromatic rings. The van der Waals surface area contributed by atoms with Gasteiger partial charge in [0.1, 0.15) is 16.5 Å². The van der Waals surface area contributed by atoms with Crippen molar-refractivity contribution in [2.45, 2.75) is 4.90 Å². The molecule has 1 saturated heterocycles. The summed E-state index contributed by atoms with van der Waals surface area (Å²) in [5.41, 5.74) is 0.0583. The molecule has 0 aromatic heterocycles. The zero-order chi connectivity index (χ0) is 18.9. The highest BCUT2D eigenvalue weighted by atomic mass is 35.5. The van der Waals surface area contributed by atoms with Crippen LogP contribution in [-0.2, 0) is 10.0 Å². The van der Waals surface area contributed by atoms with Crippen LogP contribution in [0.3, 0.4) is 0 Å². The molecule has 26 heavy (non-hydrogen) atoms. The standard InChI is InChI=1S/C17H16ClFN2O4S/c18-12-5-6-15(22)13(11-12)17(23)20-7-9-21(10-8-20)26(24,25)16-4-2-1-3-14(16)19/h1-6,11,22H,7-10H2. The number of hydrogen-bond acceptors (Lipinski definition) is 4. The molecule has 138 valence electrons. The number of aromatic hydroxyl groups is 1. The largest absolute Gasteiger partial charge is 0.507 e. The van der Waals surface area contributed by atoms with E-state index in [0.717, 1.165) is 10.4 Å². The molecule has 1 N–H and O–H groups in total. The van der Waals surface area contributed by atoms with E-state index in [4.69, 9.17) is 11.6 Å². The van der Waals surface area contributed by atoms with Crippen molar-refractivity contribution < 1.29 is 22.7 Å². The summed E-state index contributed by atoms with van der Waals surface area (Å²) in [5.74, 6) is -1.44. The SMILES string of the molecule is O=C(c1cc(Cl)ccc1O)N1CCN(S(=O)(=O)c2ccccc2F)CC1. The first-order valence-electron chi connectivity index (χ1n) is 7.83. The highest BCUT2D eigenvalue weighted by Gasteiger charge is 2.32. The van der Waals surface area contributed by atoms with Gasteiger partial charge in [-0.3, -0.25) is 4.79 Å². The highest BCUT2D eigenvalue weighted by molar-refractivity contribution is 7.89. The normalized spacial score (nSPS) is 15.8. The molecule has 1 heterocycles. The number of phenols is 1. The number of piperazine rings is 1. The summed E-state index contributed by atoms with van der Waals surface area (Å²) in [6.07, 6.45) is 0. The number of sulfonamides is 1. The summed E-state index contributed by atoms with van der Waals surface area (Å²) in [7, 11) is -3.97. The van der Waals surface area contributed by atoms with Gasteiger partial charge in [0.25, 0.3) is 5.91 Å². The number of phenolic OH excluding ortho intramolecular Hbond substituents is 1. The number of rotatable bonds is 3. The molecule has 0 radical (unpaired) electrons. The van der Waals surface area contributed by atoms with Crippen LogP contribution in [0.15, 0.2) is 47.4 Å². The van der Waals surface area contributed by atoms with Crippen LogP contribution in [0.2, 0.25) is 5.02 Å². The first-order valence-corrected chi connectivity index (χ1v) is 9.65. The topological polar surface area (TPSA) is 77.9 Å². The minimum atomic E-state index is -3.97. The average molecular weight is 399 g/mol. The molecule has 1 fully saturated rings. The van der Waals surface area contributed by atoms with Crippen molar-refractivity contribution in [2.75, 3.05) is 26.2 Å². The molecule has 0 saturated carbocycles. The Bertz CT molecular complexity index is 944. The Morgan fingerprint density at radius 2 is 1.73 bits per heavy atom. The predicted octanol–water partition coefficient (Wildman–Crippen LogP) is 2.33. The fourth-order valence-electron chi connectivity index (χ4n) is 2.77. The minimum Gasteiger partial charge on any atom is -0.507 e. The van der Waals surface area contributed by atoms with Crippen molar-refractivity contribution in [1.82, 2.24) is 9.21 Å². The van der Waals surface area contributed by atoms with Crippen LogP contribution < -0.4 is 0 Å². The van der Waals surface area contributed by atoms with Crippen molar-refractivity contribution in [3.63, 3.8) is 0 Å². The second-order valence-corrected chi connectivity index (χ2v) is 8.13. The minimum absolute atomic E-state index is 0.0315. The van der Waals surface area contributed by atoms with Crippen LogP contribution in [-0.4, -0.2) is 54.8 Å². The van der Waals surface area contributed by atoms with Gasteiger partial charge in [0, 0.05) is 31.2 Å². The molecule has 0 atom stereocenters. The fraction of sp³-hybridized carbons (Fsp3) is 0.235. The van der Waals surface area contributed by atoms with Gasteiger partial charge in [0.15, 0.2) is 0 Å². The first kappa shape index (κ1) is 18.6. The van der Waals surface area contributed by atoms with E-state index in [1.54, 1.807) is 0 Å². The van der Waals surface area contributed by atoms with Crippen LogP contribution >= 0.6 is 11.6 Å². The van der Waals surface area contributed by atoms with Gasteiger partial charge in [-0.15, -0.1) is 0 Å². The lowest BCUT2D eigenvalue weighted by Crippen LogP contribution is -2.50. The summed E-state index contributed by atoms with van der Waals surface area (Å²) in [4.78, 5) is 13.6. The van der Waals surface area contributed by atoms with Crippen LogP contribution in [0.25, 0.3) is 0 Å². The van der Waals surface area contributed by atoms with Gasteiger partial charge in [-0.1, -0.05) is 23.7 Å². The maximum absolute atomic E-state index is 13.8. The van der Waals surface area contributed by atoms with Gasteiger partial charge in [-0.25, -0.2) is 12.8 Å². The van der Waals surface area contributed by atoms with Crippen molar-refractivity contribution in [2.24, 2.45) is 0 Å². The third kappa shape index (κ3) is 3.53. The maximum Gasteiger partial charge on any atom is 0.257 e. The average Bonchev–Trinajstić information content (AvgIpc) is 2.63. The zero-order valence-electron chi connectivity index (χ0n) is 13.6. The van der Waals surface area contributed by atoms with Gasteiger partial charge in [-0.2, -0.15) is 4.31 Å².